The van der Waals surface area contributed by atoms with Gasteiger partial charge in [-0.1, -0.05) is 82.0 Å². The summed E-state index contributed by atoms with van der Waals surface area (Å²) in [5, 5.41) is 16.6. The average molecular weight is 757 g/mol. The van der Waals surface area contributed by atoms with Crippen LogP contribution in [0.4, 0.5) is 4.39 Å². The van der Waals surface area contributed by atoms with E-state index in [4.69, 9.17) is 25.4 Å². The van der Waals surface area contributed by atoms with E-state index in [0.717, 1.165) is 62.3 Å². The molecule has 0 radical (unpaired) electrons. The highest BCUT2D eigenvalue weighted by molar-refractivity contribution is 7.52. The highest BCUT2D eigenvalue weighted by Crippen LogP contribution is 2.47. The summed E-state index contributed by atoms with van der Waals surface area (Å²) >= 11 is 5.96. The molecule has 1 amide bonds. The van der Waals surface area contributed by atoms with Crippen molar-refractivity contribution in [2.24, 2.45) is 0 Å². The minimum absolute atomic E-state index is 0.00723. The minimum atomic E-state index is -4.18. The molecule has 1 aromatic heterocycles. The van der Waals surface area contributed by atoms with Gasteiger partial charge in [0.15, 0.2) is 11.9 Å². The van der Waals surface area contributed by atoms with Gasteiger partial charge in [0.25, 0.3) is 5.56 Å². The Kier molecular flexibility index (Phi) is 18.6. The number of alkyl halides is 1. The van der Waals surface area contributed by atoms with Crippen LogP contribution in [0.15, 0.2) is 58.3 Å². The predicted molar refractivity (Wildman–Crippen MR) is 197 cm³/mol. The summed E-state index contributed by atoms with van der Waals surface area (Å²) in [5.41, 5.74) is -4.08. The predicted octanol–water partition coefficient (Wildman–Crippen LogP) is 7.12. The number of aliphatic hydroxyl groups is 1. The molecule has 12 nitrogen and oxygen atoms in total. The van der Waals surface area contributed by atoms with Gasteiger partial charge in [-0.25, -0.2) is 18.8 Å². The number of amides is 1. The van der Waals surface area contributed by atoms with Crippen LogP contribution in [-0.4, -0.2) is 58.1 Å². The normalized spacial score (nSPS) is 21.5. The van der Waals surface area contributed by atoms with Gasteiger partial charge >= 0.3 is 13.4 Å². The lowest BCUT2D eigenvalue weighted by atomic mass is 9.98. The van der Waals surface area contributed by atoms with Crippen LogP contribution in [0.1, 0.15) is 110 Å². The van der Waals surface area contributed by atoms with Gasteiger partial charge in [0, 0.05) is 36.8 Å². The molecule has 1 fully saturated rings. The topological polar surface area (TPSA) is 161 Å². The molecule has 5 atom stereocenters. The third-order valence-corrected chi connectivity index (χ3v) is 10.5. The number of carbonyl (C=O) groups is 1. The number of benzene rings is 1. The van der Waals surface area contributed by atoms with Crippen LogP contribution in [0.3, 0.4) is 0 Å². The van der Waals surface area contributed by atoms with E-state index in [1.165, 1.54) is 69.2 Å². The van der Waals surface area contributed by atoms with E-state index in [2.05, 4.69) is 29.5 Å². The molecule has 0 saturated carbocycles. The molecule has 1 unspecified atom stereocenters. The number of allylic oxidation sites excluding steroid dienone is 2. The number of hydrogen-bond donors (Lipinski definition) is 4. The zero-order valence-corrected chi connectivity index (χ0v) is 31.5. The highest BCUT2D eigenvalue weighted by Gasteiger charge is 2.55. The van der Waals surface area contributed by atoms with Gasteiger partial charge in [-0.2, -0.15) is 0 Å². The Hall–Kier alpha value is -2.80. The van der Waals surface area contributed by atoms with Crippen molar-refractivity contribution in [2.75, 3.05) is 19.7 Å². The first-order valence-electron chi connectivity index (χ1n) is 18.2. The second kappa shape index (κ2) is 22.3. The van der Waals surface area contributed by atoms with Crippen molar-refractivity contribution in [3.63, 3.8) is 0 Å². The van der Waals surface area contributed by atoms with Gasteiger partial charge in [0.05, 0.1) is 6.61 Å². The molecular weight excluding hydrogens is 702 g/mol. The summed E-state index contributed by atoms with van der Waals surface area (Å²) in [6.45, 7) is 2.83. The molecule has 0 bridgehead atoms. The first-order chi connectivity index (χ1) is 24.4. The average Bonchev–Trinajstić information content (AvgIpc) is 3.32. The number of H-pyrrole nitrogens is 1. The van der Waals surface area contributed by atoms with Crippen LogP contribution in [0.2, 0.25) is 5.02 Å². The smallest absolute Gasteiger partial charge is 0.413 e. The summed E-state index contributed by atoms with van der Waals surface area (Å²) in [6, 6.07) is 7.04. The fourth-order valence-corrected chi connectivity index (χ4v) is 7.17. The van der Waals surface area contributed by atoms with Crippen LogP contribution in [0.25, 0.3) is 0 Å². The standard InChI is InChI=1S/C36H55ClFN4O8P/c1-3-4-5-6-7-8-9-10-11-12-13-14-15-16-17-18-31(43)39-24-25-40-51(47,50-29-21-19-28(37)20-22-29)48-27-30-33(45)36(2,38)34(49-30)42-26-23-32(44)41-35(42)46/h10-11,19-23,26,30,33-34,45H,3-9,12-18,24-25,27H2,1-2H3,(H,39,43)(H,40,47)(H,41,44,46)/b11-10-/t30-,33-,34-,36-,51?/m1/s1. The zero-order chi connectivity index (χ0) is 37.1. The zero-order valence-electron chi connectivity index (χ0n) is 29.8. The maximum Gasteiger partial charge on any atom is 0.458 e. The highest BCUT2D eigenvalue weighted by atomic mass is 35.5. The van der Waals surface area contributed by atoms with Crippen molar-refractivity contribution < 1.29 is 32.6 Å². The van der Waals surface area contributed by atoms with Gasteiger partial charge in [0.2, 0.25) is 5.91 Å². The second-order valence-electron chi connectivity index (χ2n) is 13.1. The molecule has 0 spiro atoms. The molecular formula is C36H55ClFN4O8P. The minimum Gasteiger partial charge on any atom is -0.413 e. The van der Waals surface area contributed by atoms with E-state index in [1.807, 2.05) is 4.98 Å². The van der Waals surface area contributed by atoms with Gasteiger partial charge in [-0.3, -0.25) is 23.7 Å². The number of nitrogens with one attached hydrogen (secondary N) is 3. The summed E-state index contributed by atoms with van der Waals surface area (Å²) in [4.78, 5) is 38.2. The number of halogens is 2. The van der Waals surface area contributed by atoms with Crippen molar-refractivity contribution in [3.8, 4) is 5.75 Å². The van der Waals surface area contributed by atoms with Crippen LogP contribution in [0, 0.1) is 0 Å². The molecule has 1 aromatic carbocycles. The monoisotopic (exact) mass is 756 g/mol. The van der Waals surface area contributed by atoms with Crippen LogP contribution < -0.4 is 26.2 Å². The van der Waals surface area contributed by atoms with Crippen LogP contribution in [0.5, 0.6) is 5.75 Å². The van der Waals surface area contributed by atoms with Crippen molar-refractivity contribution in [1.29, 1.82) is 0 Å². The number of aliphatic hydroxyl groups excluding tert-OH is 1. The quantitative estimate of drug-likeness (QED) is 0.0470. The van der Waals surface area contributed by atoms with Crippen molar-refractivity contribution in [2.45, 2.75) is 128 Å². The van der Waals surface area contributed by atoms with E-state index >= 15 is 4.39 Å². The van der Waals surface area contributed by atoms with E-state index in [0.29, 0.717) is 11.4 Å². The third-order valence-electron chi connectivity index (χ3n) is 8.69. The Labute approximate surface area is 305 Å². The van der Waals surface area contributed by atoms with Gasteiger partial charge in [0.1, 0.15) is 18.0 Å². The van der Waals surface area contributed by atoms with Crippen LogP contribution >= 0.6 is 19.3 Å². The lowest BCUT2D eigenvalue weighted by Crippen LogP contribution is -2.43. The van der Waals surface area contributed by atoms with Crippen LogP contribution in [-0.2, 0) is 18.6 Å². The Morgan fingerprint density at radius 1 is 1.02 bits per heavy atom. The second-order valence-corrected chi connectivity index (χ2v) is 15.3. The number of aromatic nitrogens is 2. The molecule has 4 N–H and O–H groups in total. The fourth-order valence-electron chi connectivity index (χ4n) is 5.71. The summed E-state index contributed by atoms with van der Waals surface area (Å²) < 4.78 is 47.1. The molecule has 1 aliphatic heterocycles. The number of unbranched alkanes of at least 4 members (excludes halogenated alkanes) is 11. The molecule has 286 valence electrons. The number of nitrogens with zero attached hydrogens (tertiary/aromatic N) is 1. The lowest BCUT2D eigenvalue weighted by molar-refractivity contribution is -0.121. The Morgan fingerprint density at radius 2 is 1.65 bits per heavy atom. The largest absolute Gasteiger partial charge is 0.458 e. The third kappa shape index (κ3) is 15.0. The molecule has 51 heavy (non-hydrogen) atoms. The van der Waals surface area contributed by atoms with E-state index < -0.39 is 49.7 Å². The van der Waals surface area contributed by atoms with Crippen molar-refractivity contribution in [1.82, 2.24) is 20.0 Å². The van der Waals surface area contributed by atoms with E-state index in [1.54, 1.807) is 0 Å². The first-order valence-corrected chi connectivity index (χ1v) is 20.1. The summed E-state index contributed by atoms with van der Waals surface area (Å²) in [7, 11) is -4.18. The molecule has 2 heterocycles. The Balaban J connectivity index is 1.39. The molecule has 15 heteroatoms. The Bertz CT molecular complexity index is 1520. The molecule has 0 aliphatic carbocycles. The molecule has 3 rings (SSSR count). The van der Waals surface area contributed by atoms with Gasteiger partial charge in [-0.05, 0) is 63.3 Å². The molecule has 1 saturated heterocycles. The van der Waals surface area contributed by atoms with Crippen molar-refractivity contribution >= 4 is 25.3 Å². The summed E-state index contributed by atoms with van der Waals surface area (Å²) in [6.07, 6.45) is 16.6. The molecule has 2 aromatic rings. The number of rotatable bonds is 25. The van der Waals surface area contributed by atoms with Gasteiger partial charge in [-0.15, -0.1) is 0 Å². The number of hydrogen-bond acceptors (Lipinski definition) is 8. The number of ether oxygens (including phenoxy) is 1. The van der Waals surface area contributed by atoms with Gasteiger partial charge < -0.3 is 19.7 Å². The number of carbonyl (C=O) groups excluding carboxylic acids is 1. The Morgan fingerprint density at radius 3 is 2.29 bits per heavy atom. The SMILES string of the molecule is CCCCCCCC/C=C\CCCCCCCC(=O)NCCNP(=O)(OC[C@H]1O[C@@H](n2ccc(=O)[nH]c2=O)[C@](C)(F)[C@@H]1O)Oc1ccc(Cl)cc1. The van der Waals surface area contributed by atoms with E-state index in [9.17, 15) is 24.1 Å². The van der Waals surface area contributed by atoms with Crippen molar-refractivity contribution in [3.05, 3.63) is 74.5 Å². The first kappa shape index (κ1) is 42.6. The lowest BCUT2D eigenvalue weighted by Gasteiger charge is -2.24. The van der Waals surface area contributed by atoms with E-state index in [-0.39, 0.29) is 24.7 Å². The maximum absolute atomic E-state index is 15.6. The fraction of sp³-hybridized carbons (Fsp3) is 0.639. The summed E-state index contributed by atoms with van der Waals surface area (Å²) in [5.74, 6) is 0.0291. The molecule has 1 aliphatic rings. The maximum atomic E-state index is 15.6. The number of aromatic amines is 1.